The van der Waals surface area contributed by atoms with Gasteiger partial charge in [-0.1, -0.05) is 72.3 Å². The Morgan fingerprint density at radius 2 is 1.56 bits per heavy atom. The zero-order valence-corrected chi connectivity index (χ0v) is 14.2. The Kier molecular flexibility index (Phi) is 4.12. The van der Waals surface area contributed by atoms with E-state index in [2.05, 4.69) is 0 Å². The van der Waals surface area contributed by atoms with Crippen LogP contribution in [0.5, 0.6) is 0 Å². The van der Waals surface area contributed by atoms with Gasteiger partial charge < -0.3 is 4.42 Å². The summed E-state index contributed by atoms with van der Waals surface area (Å²) in [4.78, 5) is 13.0. The SMILES string of the molecule is O=C(c1ccccc1)c1oc2cc(Cl)ccc2c1Cc1ccccc1. The van der Waals surface area contributed by atoms with Crippen molar-refractivity contribution in [3.8, 4) is 0 Å². The van der Waals surface area contributed by atoms with Crippen molar-refractivity contribution < 1.29 is 9.21 Å². The molecule has 4 rings (SSSR count). The molecule has 0 saturated carbocycles. The Morgan fingerprint density at radius 1 is 0.880 bits per heavy atom. The number of halogens is 1. The first-order chi connectivity index (χ1) is 12.2. The second kappa shape index (κ2) is 6.58. The molecule has 0 radical (unpaired) electrons. The maximum Gasteiger partial charge on any atom is 0.228 e. The maximum absolute atomic E-state index is 13.0. The summed E-state index contributed by atoms with van der Waals surface area (Å²) in [7, 11) is 0. The molecule has 0 atom stereocenters. The Labute approximate surface area is 150 Å². The molecule has 122 valence electrons. The van der Waals surface area contributed by atoms with Crippen LogP contribution in [0.4, 0.5) is 0 Å². The van der Waals surface area contributed by atoms with Crippen molar-refractivity contribution in [1.82, 2.24) is 0 Å². The molecule has 3 heteroatoms. The highest BCUT2D eigenvalue weighted by atomic mass is 35.5. The zero-order chi connectivity index (χ0) is 17.2. The van der Waals surface area contributed by atoms with Crippen molar-refractivity contribution in [2.75, 3.05) is 0 Å². The lowest BCUT2D eigenvalue weighted by molar-refractivity contribution is 0.101. The Balaban J connectivity index is 1.87. The molecule has 1 heterocycles. The van der Waals surface area contributed by atoms with Gasteiger partial charge in [0, 0.05) is 34.0 Å². The molecule has 3 aromatic carbocycles. The predicted octanol–water partition coefficient (Wildman–Crippen LogP) is 5.91. The van der Waals surface area contributed by atoms with Gasteiger partial charge in [0.1, 0.15) is 5.58 Å². The Hall–Kier alpha value is -2.84. The number of rotatable bonds is 4. The van der Waals surface area contributed by atoms with Crippen LogP contribution in [0.25, 0.3) is 11.0 Å². The van der Waals surface area contributed by atoms with Crippen LogP contribution >= 0.6 is 11.6 Å². The van der Waals surface area contributed by atoms with E-state index in [1.54, 1.807) is 18.2 Å². The molecule has 0 aliphatic heterocycles. The minimum absolute atomic E-state index is 0.112. The molecule has 0 bridgehead atoms. The first-order valence-corrected chi connectivity index (χ1v) is 8.45. The van der Waals surface area contributed by atoms with E-state index >= 15 is 0 Å². The number of carbonyl (C=O) groups is 1. The fourth-order valence-corrected chi connectivity index (χ4v) is 3.17. The topological polar surface area (TPSA) is 30.2 Å². The molecular formula is C22H15ClO2. The van der Waals surface area contributed by atoms with E-state index in [0.717, 1.165) is 16.5 Å². The van der Waals surface area contributed by atoms with Crippen molar-refractivity contribution in [3.63, 3.8) is 0 Å². The van der Waals surface area contributed by atoms with E-state index < -0.39 is 0 Å². The monoisotopic (exact) mass is 346 g/mol. The lowest BCUT2D eigenvalue weighted by Crippen LogP contribution is -2.03. The molecule has 1 aromatic heterocycles. The molecule has 0 aliphatic carbocycles. The highest BCUT2D eigenvalue weighted by Crippen LogP contribution is 2.31. The van der Waals surface area contributed by atoms with E-state index in [1.165, 1.54) is 0 Å². The molecule has 0 amide bonds. The minimum Gasteiger partial charge on any atom is -0.452 e. The minimum atomic E-state index is -0.112. The lowest BCUT2D eigenvalue weighted by atomic mass is 9.98. The summed E-state index contributed by atoms with van der Waals surface area (Å²) in [5, 5.41) is 1.51. The van der Waals surface area contributed by atoms with Gasteiger partial charge in [-0.05, 0) is 17.7 Å². The van der Waals surface area contributed by atoms with Gasteiger partial charge in [0.05, 0.1) is 0 Å². The molecule has 0 unspecified atom stereocenters. The highest BCUT2D eigenvalue weighted by molar-refractivity contribution is 6.31. The molecule has 0 saturated heterocycles. The van der Waals surface area contributed by atoms with E-state index in [-0.39, 0.29) is 5.78 Å². The van der Waals surface area contributed by atoms with E-state index in [1.807, 2.05) is 60.7 Å². The summed E-state index contributed by atoms with van der Waals surface area (Å²) in [6.07, 6.45) is 0.628. The quantitative estimate of drug-likeness (QED) is 0.430. The molecule has 4 aromatic rings. The number of hydrogen-bond acceptors (Lipinski definition) is 2. The van der Waals surface area contributed by atoms with Gasteiger partial charge in [-0.25, -0.2) is 0 Å². The van der Waals surface area contributed by atoms with Crippen LogP contribution in [0.1, 0.15) is 27.2 Å². The maximum atomic E-state index is 13.0. The Morgan fingerprint density at radius 3 is 2.28 bits per heavy atom. The number of hydrogen-bond donors (Lipinski definition) is 0. The number of benzene rings is 3. The highest BCUT2D eigenvalue weighted by Gasteiger charge is 2.22. The van der Waals surface area contributed by atoms with Crippen molar-refractivity contribution in [1.29, 1.82) is 0 Å². The largest absolute Gasteiger partial charge is 0.452 e. The van der Waals surface area contributed by atoms with E-state index in [0.29, 0.717) is 28.4 Å². The van der Waals surface area contributed by atoms with Crippen LogP contribution in [0.2, 0.25) is 5.02 Å². The number of furan rings is 1. The smallest absolute Gasteiger partial charge is 0.228 e. The summed E-state index contributed by atoms with van der Waals surface area (Å²) >= 11 is 6.09. The molecule has 0 spiro atoms. The molecular weight excluding hydrogens is 332 g/mol. The number of fused-ring (bicyclic) bond motifs is 1. The summed E-state index contributed by atoms with van der Waals surface area (Å²) in [5.74, 6) is 0.270. The third-order valence-electron chi connectivity index (χ3n) is 4.22. The van der Waals surface area contributed by atoms with Crippen LogP contribution in [0.15, 0.2) is 83.3 Å². The summed E-state index contributed by atoms with van der Waals surface area (Å²) < 4.78 is 5.93. The summed E-state index contributed by atoms with van der Waals surface area (Å²) in [6.45, 7) is 0. The van der Waals surface area contributed by atoms with Crippen molar-refractivity contribution in [3.05, 3.63) is 106 Å². The second-order valence-corrected chi connectivity index (χ2v) is 6.34. The van der Waals surface area contributed by atoms with E-state index in [4.69, 9.17) is 16.0 Å². The van der Waals surface area contributed by atoms with Gasteiger partial charge >= 0.3 is 0 Å². The van der Waals surface area contributed by atoms with Gasteiger partial charge in [0.15, 0.2) is 5.76 Å². The van der Waals surface area contributed by atoms with Crippen LogP contribution in [0.3, 0.4) is 0 Å². The number of ketones is 1. The van der Waals surface area contributed by atoms with Crippen molar-refractivity contribution in [2.45, 2.75) is 6.42 Å². The average molecular weight is 347 g/mol. The van der Waals surface area contributed by atoms with Gasteiger partial charge in [-0.15, -0.1) is 0 Å². The Bertz CT molecular complexity index is 1030. The second-order valence-electron chi connectivity index (χ2n) is 5.91. The first kappa shape index (κ1) is 15.7. The molecule has 2 nitrogen and oxygen atoms in total. The molecule has 0 aliphatic rings. The van der Waals surface area contributed by atoms with Crippen LogP contribution < -0.4 is 0 Å². The van der Waals surface area contributed by atoms with Crippen LogP contribution in [0, 0.1) is 0 Å². The summed E-state index contributed by atoms with van der Waals surface area (Å²) in [6, 6.07) is 24.8. The molecule has 25 heavy (non-hydrogen) atoms. The van der Waals surface area contributed by atoms with E-state index in [9.17, 15) is 4.79 Å². The van der Waals surface area contributed by atoms with Crippen molar-refractivity contribution in [2.24, 2.45) is 0 Å². The number of carbonyl (C=O) groups excluding carboxylic acids is 1. The third kappa shape index (κ3) is 3.09. The van der Waals surface area contributed by atoms with Crippen LogP contribution in [-0.4, -0.2) is 5.78 Å². The molecule has 0 N–H and O–H groups in total. The average Bonchev–Trinajstić information content (AvgIpc) is 3.00. The van der Waals surface area contributed by atoms with Crippen LogP contribution in [-0.2, 0) is 6.42 Å². The van der Waals surface area contributed by atoms with Gasteiger partial charge in [-0.2, -0.15) is 0 Å². The van der Waals surface area contributed by atoms with Gasteiger partial charge in [-0.3, -0.25) is 4.79 Å². The molecule has 0 fully saturated rings. The van der Waals surface area contributed by atoms with Crippen molar-refractivity contribution >= 4 is 28.4 Å². The standard InChI is InChI=1S/C22H15ClO2/c23-17-11-12-18-19(13-15-7-3-1-4-8-15)22(25-20(18)14-17)21(24)16-9-5-2-6-10-16/h1-12,14H,13H2. The zero-order valence-electron chi connectivity index (χ0n) is 13.4. The predicted molar refractivity (Wildman–Crippen MR) is 100 cm³/mol. The van der Waals surface area contributed by atoms with Gasteiger partial charge in [0.2, 0.25) is 5.78 Å². The first-order valence-electron chi connectivity index (χ1n) is 8.07. The lowest BCUT2D eigenvalue weighted by Gasteiger charge is -2.04. The third-order valence-corrected chi connectivity index (χ3v) is 4.46. The van der Waals surface area contributed by atoms with Gasteiger partial charge in [0.25, 0.3) is 0 Å². The fourth-order valence-electron chi connectivity index (χ4n) is 3.00. The normalized spacial score (nSPS) is 10.9. The summed E-state index contributed by atoms with van der Waals surface area (Å²) in [5.41, 5.74) is 3.27. The fraction of sp³-hybridized carbons (Fsp3) is 0.0455.